The van der Waals surface area contributed by atoms with E-state index >= 15 is 0 Å². The summed E-state index contributed by atoms with van der Waals surface area (Å²) in [6.45, 7) is 5.11. The van der Waals surface area contributed by atoms with Gasteiger partial charge in [-0.25, -0.2) is 4.39 Å². The molecule has 4 heteroatoms. The summed E-state index contributed by atoms with van der Waals surface area (Å²) in [7, 11) is 2.14. The Morgan fingerprint density at radius 3 is 2.29 bits per heavy atom. The Balaban J connectivity index is 1.57. The van der Waals surface area contributed by atoms with Crippen molar-refractivity contribution in [2.24, 2.45) is 0 Å². The molecule has 0 unspecified atom stereocenters. The number of halogens is 1. The summed E-state index contributed by atoms with van der Waals surface area (Å²) in [6, 6.07) is 23.6. The summed E-state index contributed by atoms with van der Waals surface area (Å²) in [5.41, 5.74) is 4.46. The summed E-state index contributed by atoms with van der Waals surface area (Å²) in [5.74, 6) is 0.350. The molecule has 0 saturated heterocycles. The maximum atomic E-state index is 14.4. The predicted molar refractivity (Wildman–Crippen MR) is 125 cm³/mol. The average molecular weight is 417 g/mol. The third-order valence-electron chi connectivity index (χ3n) is 5.62. The quantitative estimate of drug-likeness (QED) is 0.330. The Bertz CT molecular complexity index is 1120. The van der Waals surface area contributed by atoms with Gasteiger partial charge in [0.1, 0.15) is 18.2 Å². The number of likely N-dealkylation sites (N-methyl/N-ethyl adjacent to an activating group) is 1. The Morgan fingerprint density at radius 2 is 1.61 bits per heavy atom. The van der Waals surface area contributed by atoms with Gasteiger partial charge >= 0.3 is 0 Å². The third kappa shape index (κ3) is 5.15. The van der Waals surface area contributed by atoms with Crippen LogP contribution in [-0.2, 0) is 26.1 Å². The predicted octanol–water partition coefficient (Wildman–Crippen LogP) is 6.05. The van der Waals surface area contributed by atoms with Gasteiger partial charge in [0.05, 0.1) is 5.52 Å². The molecule has 0 fully saturated rings. The second kappa shape index (κ2) is 9.80. The summed E-state index contributed by atoms with van der Waals surface area (Å²) in [6.07, 6.45) is 3.02. The van der Waals surface area contributed by atoms with Crippen LogP contribution in [0.5, 0.6) is 5.75 Å². The summed E-state index contributed by atoms with van der Waals surface area (Å²) < 4.78 is 22.6. The lowest BCUT2D eigenvalue weighted by atomic mass is 10.1. The first-order valence-electron chi connectivity index (χ1n) is 10.8. The molecule has 0 aliphatic heterocycles. The van der Waals surface area contributed by atoms with Gasteiger partial charge in [-0.3, -0.25) is 0 Å². The van der Waals surface area contributed by atoms with E-state index in [2.05, 4.69) is 53.9 Å². The van der Waals surface area contributed by atoms with Gasteiger partial charge in [-0.1, -0.05) is 60.7 Å². The zero-order valence-corrected chi connectivity index (χ0v) is 18.2. The molecule has 31 heavy (non-hydrogen) atoms. The highest BCUT2D eigenvalue weighted by molar-refractivity contribution is 5.90. The van der Waals surface area contributed by atoms with Gasteiger partial charge in [-0.2, -0.15) is 0 Å². The van der Waals surface area contributed by atoms with E-state index in [4.69, 9.17) is 4.74 Å². The average Bonchev–Trinajstić information content (AvgIpc) is 3.15. The van der Waals surface area contributed by atoms with Crippen LogP contribution in [0.15, 0.2) is 79.0 Å². The fourth-order valence-corrected chi connectivity index (χ4v) is 4.03. The van der Waals surface area contributed by atoms with Crippen LogP contribution in [-0.4, -0.2) is 23.1 Å². The minimum absolute atomic E-state index is 0.267. The number of nitrogens with zero attached hydrogens (tertiary/aromatic N) is 2. The second-order valence-corrected chi connectivity index (χ2v) is 7.99. The van der Waals surface area contributed by atoms with Crippen LogP contribution in [0, 0.1) is 5.82 Å². The van der Waals surface area contributed by atoms with E-state index in [9.17, 15) is 4.39 Å². The topological polar surface area (TPSA) is 17.4 Å². The van der Waals surface area contributed by atoms with Crippen molar-refractivity contribution in [3.8, 4) is 5.75 Å². The molecule has 3 nitrogen and oxygen atoms in total. The number of aryl methyl sites for hydroxylation is 1. The van der Waals surface area contributed by atoms with Gasteiger partial charge in [0.15, 0.2) is 0 Å². The molecule has 0 radical (unpaired) electrons. The fourth-order valence-electron chi connectivity index (χ4n) is 4.03. The minimum atomic E-state index is -0.267. The molecule has 0 saturated carbocycles. The van der Waals surface area contributed by atoms with Gasteiger partial charge in [0.2, 0.25) is 0 Å². The summed E-state index contributed by atoms with van der Waals surface area (Å²) in [5, 5.41) is 1.02. The first-order valence-corrected chi connectivity index (χ1v) is 10.8. The van der Waals surface area contributed by atoms with Crippen molar-refractivity contribution in [1.82, 2.24) is 9.47 Å². The van der Waals surface area contributed by atoms with Crippen LogP contribution < -0.4 is 4.74 Å². The molecular weight excluding hydrogens is 387 g/mol. The Labute approximate surface area is 183 Å². The van der Waals surface area contributed by atoms with Gasteiger partial charge in [0, 0.05) is 37.3 Å². The number of ether oxygens (including phenoxy) is 1. The van der Waals surface area contributed by atoms with Crippen LogP contribution in [0.4, 0.5) is 4.39 Å². The van der Waals surface area contributed by atoms with E-state index < -0.39 is 0 Å². The SMILES string of the molecule is CCn1cc(CCN(C)Cc2ccccc2)c2c(OCc3ccccc3)cc(F)cc21. The van der Waals surface area contributed by atoms with Crippen LogP contribution >= 0.6 is 0 Å². The molecule has 3 aromatic carbocycles. The first-order chi connectivity index (χ1) is 15.1. The molecule has 0 N–H and O–H groups in total. The van der Waals surface area contributed by atoms with E-state index in [0.717, 1.165) is 42.5 Å². The van der Waals surface area contributed by atoms with E-state index in [1.54, 1.807) is 6.07 Å². The van der Waals surface area contributed by atoms with Crippen molar-refractivity contribution >= 4 is 10.9 Å². The van der Waals surface area contributed by atoms with E-state index in [1.165, 1.54) is 17.2 Å². The number of benzene rings is 3. The Morgan fingerprint density at radius 1 is 0.935 bits per heavy atom. The first kappa shape index (κ1) is 21.1. The molecule has 4 rings (SSSR count). The lowest BCUT2D eigenvalue weighted by molar-refractivity contribution is 0.308. The molecule has 0 atom stereocenters. The van der Waals surface area contributed by atoms with Gasteiger partial charge in [-0.05, 0) is 43.1 Å². The van der Waals surface area contributed by atoms with Crippen molar-refractivity contribution in [2.45, 2.75) is 33.0 Å². The van der Waals surface area contributed by atoms with E-state index in [0.29, 0.717) is 12.4 Å². The molecule has 0 aliphatic carbocycles. The van der Waals surface area contributed by atoms with E-state index in [-0.39, 0.29) is 5.82 Å². The fraction of sp³-hybridized carbons (Fsp3) is 0.259. The van der Waals surface area contributed by atoms with Crippen molar-refractivity contribution in [3.63, 3.8) is 0 Å². The molecule has 4 aromatic rings. The van der Waals surface area contributed by atoms with Gasteiger partial charge in [0.25, 0.3) is 0 Å². The van der Waals surface area contributed by atoms with Crippen molar-refractivity contribution in [2.75, 3.05) is 13.6 Å². The zero-order chi connectivity index (χ0) is 21.6. The second-order valence-electron chi connectivity index (χ2n) is 7.99. The lowest BCUT2D eigenvalue weighted by Gasteiger charge is -2.17. The molecule has 0 amide bonds. The van der Waals surface area contributed by atoms with E-state index in [1.807, 2.05) is 36.4 Å². The number of rotatable bonds is 9. The summed E-state index contributed by atoms with van der Waals surface area (Å²) >= 11 is 0. The molecular formula is C27H29FN2O. The Hall–Kier alpha value is -3.11. The van der Waals surface area contributed by atoms with Crippen molar-refractivity contribution < 1.29 is 9.13 Å². The van der Waals surface area contributed by atoms with Crippen molar-refractivity contribution in [1.29, 1.82) is 0 Å². The van der Waals surface area contributed by atoms with Crippen LogP contribution in [0.2, 0.25) is 0 Å². The molecule has 1 aromatic heterocycles. The smallest absolute Gasteiger partial charge is 0.132 e. The summed E-state index contributed by atoms with van der Waals surface area (Å²) in [4.78, 5) is 2.32. The minimum Gasteiger partial charge on any atom is -0.488 e. The third-order valence-corrected chi connectivity index (χ3v) is 5.62. The molecule has 0 bridgehead atoms. The van der Waals surface area contributed by atoms with Crippen LogP contribution in [0.1, 0.15) is 23.6 Å². The normalized spacial score (nSPS) is 11.4. The maximum Gasteiger partial charge on any atom is 0.132 e. The molecule has 0 spiro atoms. The number of hydrogen-bond donors (Lipinski definition) is 0. The Kier molecular flexibility index (Phi) is 6.68. The standard InChI is InChI=1S/C27H29FN2O/c1-3-30-19-23(14-15-29(2)18-21-10-6-4-7-11-21)27-25(30)16-24(28)17-26(27)31-20-22-12-8-5-9-13-22/h4-13,16-17,19H,3,14-15,18,20H2,1-2H3. The number of hydrogen-bond acceptors (Lipinski definition) is 2. The number of aromatic nitrogens is 1. The van der Waals surface area contributed by atoms with Gasteiger partial charge in [-0.15, -0.1) is 0 Å². The lowest BCUT2D eigenvalue weighted by Crippen LogP contribution is -2.20. The van der Waals surface area contributed by atoms with Crippen molar-refractivity contribution in [3.05, 3.63) is 102 Å². The monoisotopic (exact) mass is 416 g/mol. The molecule has 0 aliphatic rings. The highest BCUT2D eigenvalue weighted by Crippen LogP contribution is 2.33. The largest absolute Gasteiger partial charge is 0.488 e. The molecule has 160 valence electrons. The molecule has 1 heterocycles. The van der Waals surface area contributed by atoms with Crippen LogP contribution in [0.25, 0.3) is 10.9 Å². The highest BCUT2D eigenvalue weighted by Gasteiger charge is 2.16. The maximum absolute atomic E-state index is 14.4. The van der Waals surface area contributed by atoms with Gasteiger partial charge < -0.3 is 14.2 Å². The zero-order valence-electron chi connectivity index (χ0n) is 18.2. The highest BCUT2D eigenvalue weighted by atomic mass is 19.1. The van der Waals surface area contributed by atoms with Crippen LogP contribution in [0.3, 0.4) is 0 Å². The number of fused-ring (bicyclic) bond motifs is 1.